The molecule has 2 rings (SSSR count). The highest BCUT2D eigenvalue weighted by Crippen LogP contribution is 2.27. The predicted octanol–water partition coefficient (Wildman–Crippen LogP) is 2.15. The first-order valence-corrected chi connectivity index (χ1v) is 6.63. The first-order chi connectivity index (χ1) is 9.08. The van der Waals surface area contributed by atoms with E-state index < -0.39 is 0 Å². The summed E-state index contributed by atoms with van der Waals surface area (Å²) < 4.78 is 1.90. The zero-order valence-corrected chi connectivity index (χ0v) is 12.1. The van der Waals surface area contributed by atoms with Crippen LogP contribution < -0.4 is 11.3 Å². The number of aromatic nitrogens is 2. The van der Waals surface area contributed by atoms with Crippen LogP contribution in [0, 0.1) is 13.8 Å². The number of aryl methyl sites for hydroxylation is 3. The van der Waals surface area contributed by atoms with Crippen molar-refractivity contribution in [1.29, 1.82) is 0 Å². The molecule has 0 aliphatic carbocycles. The molecule has 1 unspecified atom stereocenters. The summed E-state index contributed by atoms with van der Waals surface area (Å²) in [5.41, 5.74) is 8.75. The van der Waals surface area contributed by atoms with Gasteiger partial charge < -0.3 is 0 Å². The van der Waals surface area contributed by atoms with Gasteiger partial charge in [-0.25, -0.2) is 5.43 Å². The normalized spacial score (nSPS) is 12.7. The Kier molecular flexibility index (Phi) is 4.02. The summed E-state index contributed by atoms with van der Waals surface area (Å²) in [6.07, 6.45) is 1.02. The van der Waals surface area contributed by atoms with Crippen molar-refractivity contribution >= 4 is 0 Å². The van der Waals surface area contributed by atoms with Crippen LogP contribution in [0.4, 0.5) is 0 Å². The molecular formula is C15H22N4. The van der Waals surface area contributed by atoms with E-state index >= 15 is 0 Å². The molecule has 4 heteroatoms. The Morgan fingerprint density at radius 1 is 1.37 bits per heavy atom. The fourth-order valence-electron chi connectivity index (χ4n) is 2.55. The molecule has 3 N–H and O–H groups in total. The van der Waals surface area contributed by atoms with Gasteiger partial charge in [-0.15, -0.1) is 0 Å². The summed E-state index contributed by atoms with van der Waals surface area (Å²) in [5, 5.41) is 4.47. The maximum absolute atomic E-state index is 5.79. The second-order valence-corrected chi connectivity index (χ2v) is 4.91. The van der Waals surface area contributed by atoms with Crippen molar-refractivity contribution in [1.82, 2.24) is 15.2 Å². The van der Waals surface area contributed by atoms with Gasteiger partial charge in [-0.2, -0.15) is 5.10 Å². The van der Waals surface area contributed by atoms with Gasteiger partial charge in [-0.1, -0.05) is 31.2 Å². The van der Waals surface area contributed by atoms with Crippen molar-refractivity contribution in [2.24, 2.45) is 12.9 Å². The molecule has 1 aromatic carbocycles. The molecule has 0 amide bonds. The zero-order valence-electron chi connectivity index (χ0n) is 12.1. The average molecular weight is 258 g/mol. The van der Waals surface area contributed by atoms with E-state index in [1.165, 1.54) is 16.7 Å². The summed E-state index contributed by atoms with van der Waals surface area (Å²) in [5.74, 6) is 5.79. The van der Waals surface area contributed by atoms with Gasteiger partial charge >= 0.3 is 0 Å². The van der Waals surface area contributed by atoms with E-state index in [0.29, 0.717) is 0 Å². The number of hydrogen-bond acceptors (Lipinski definition) is 3. The highest BCUT2D eigenvalue weighted by molar-refractivity contribution is 5.38. The van der Waals surface area contributed by atoms with E-state index in [4.69, 9.17) is 5.84 Å². The van der Waals surface area contributed by atoms with E-state index in [9.17, 15) is 0 Å². The molecule has 102 valence electrons. The first kappa shape index (κ1) is 13.8. The second kappa shape index (κ2) is 5.55. The molecule has 0 spiro atoms. The molecule has 0 bridgehead atoms. The SMILES string of the molecule is CCc1cccc(C(NN)c2c(C)nn(C)c2C)c1. The lowest BCUT2D eigenvalue weighted by Crippen LogP contribution is -2.29. The van der Waals surface area contributed by atoms with E-state index in [0.717, 1.165) is 17.8 Å². The summed E-state index contributed by atoms with van der Waals surface area (Å²) in [6, 6.07) is 8.52. The van der Waals surface area contributed by atoms with Crippen LogP contribution in [0.2, 0.25) is 0 Å². The monoisotopic (exact) mass is 258 g/mol. The molecular weight excluding hydrogens is 236 g/mol. The number of nitrogens with two attached hydrogens (primary N) is 1. The van der Waals surface area contributed by atoms with Crippen LogP contribution in [0.1, 0.15) is 41.0 Å². The maximum atomic E-state index is 5.79. The first-order valence-electron chi connectivity index (χ1n) is 6.63. The van der Waals surface area contributed by atoms with Gasteiger partial charge in [0.15, 0.2) is 0 Å². The van der Waals surface area contributed by atoms with Crippen molar-refractivity contribution in [2.75, 3.05) is 0 Å². The summed E-state index contributed by atoms with van der Waals surface area (Å²) in [6.45, 7) is 6.25. The minimum Gasteiger partial charge on any atom is -0.272 e. The largest absolute Gasteiger partial charge is 0.272 e. The molecule has 1 heterocycles. The van der Waals surface area contributed by atoms with Crippen LogP contribution in [-0.2, 0) is 13.5 Å². The number of rotatable bonds is 4. The topological polar surface area (TPSA) is 55.9 Å². The molecule has 0 radical (unpaired) electrons. The van der Waals surface area contributed by atoms with Gasteiger partial charge in [0, 0.05) is 18.3 Å². The molecule has 1 aromatic heterocycles. The molecule has 0 aliphatic rings. The summed E-state index contributed by atoms with van der Waals surface area (Å²) >= 11 is 0. The maximum Gasteiger partial charge on any atom is 0.0746 e. The van der Waals surface area contributed by atoms with E-state index in [-0.39, 0.29) is 6.04 Å². The fourth-order valence-corrected chi connectivity index (χ4v) is 2.55. The van der Waals surface area contributed by atoms with Gasteiger partial charge in [0.05, 0.1) is 11.7 Å². The number of nitrogens with zero attached hydrogens (tertiary/aromatic N) is 2. The van der Waals surface area contributed by atoms with E-state index in [1.54, 1.807) is 0 Å². The standard InChI is InChI=1S/C15H22N4/c1-5-12-7-6-8-13(9-12)15(17-16)14-10(2)18-19(4)11(14)3/h6-9,15,17H,5,16H2,1-4H3. The lowest BCUT2D eigenvalue weighted by Gasteiger charge is -2.18. The molecule has 4 nitrogen and oxygen atoms in total. The smallest absolute Gasteiger partial charge is 0.0746 e. The van der Waals surface area contributed by atoms with Crippen LogP contribution in [0.15, 0.2) is 24.3 Å². The Hall–Kier alpha value is -1.65. The predicted molar refractivity (Wildman–Crippen MR) is 77.7 cm³/mol. The van der Waals surface area contributed by atoms with Gasteiger partial charge in [-0.05, 0) is 31.4 Å². The van der Waals surface area contributed by atoms with Crippen molar-refractivity contribution in [3.63, 3.8) is 0 Å². The third-order valence-electron chi connectivity index (χ3n) is 3.71. The second-order valence-electron chi connectivity index (χ2n) is 4.91. The average Bonchev–Trinajstić information content (AvgIpc) is 2.66. The Morgan fingerprint density at radius 2 is 2.11 bits per heavy atom. The van der Waals surface area contributed by atoms with Crippen molar-refractivity contribution < 1.29 is 0 Å². The lowest BCUT2D eigenvalue weighted by atomic mass is 9.96. The van der Waals surface area contributed by atoms with Crippen LogP contribution in [0.25, 0.3) is 0 Å². The Balaban J connectivity index is 2.49. The zero-order chi connectivity index (χ0) is 14.0. The van der Waals surface area contributed by atoms with Crippen LogP contribution in [-0.4, -0.2) is 9.78 Å². The highest BCUT2D eigenvalue weighted by atomic mass is 15.3. The minimum atomic E-state index is -0.0137. The van der Waals surface area contributed by atoms with Crippen molar-refractivity contribution in [3.05, 3.63) is 52.3 Å². The third-order valence-corrected chi connectivity index (χ3v) is 3.71. The van der Waals surface area contributed by atoms with Crippen molar-refractivity contribution in [3.8, 4) is 0 Å². The number of hydrogen-bond donors (Lipinski definition) is 2. The lowest BCUT2D eigenvalue weighted by molar-refractivity contribution is 0.627. The molecule has 2 aromatic rings. The molecule has 0 fully saturated rings. The molecule has 19 heavy (non-hydrogen) atoms. The molecule has 1 atom stereocenters. The highest BCUT2D eigenvalue weighted by Gasteiger charge is 2.20. The number of hydrazine groups is 1. The molecule has 0 aliphatic heterocycles. The van der Waals surface area contributed by atoms with Gasteiger partial charge in [0.2, 0.25) is 0 Å². The molecule has 0 saturated carbocycles. The quantitative estimate of drug-likeness (QED) is 0.652. The number of benzene rings is 1. The van der Waals surface area contributed by atoms with Gasteiger partial charge in [0.25, 0.3) is 0 Å². The molecule has 0 saturated heterocycles. The van der Waals surface area contributed by atoms with Crippen molar-refractivity contribution in [2.45, 2.75) is 33.2 Å². The Morgan fingerprint density at radius 3 is 2.63 bits per heavy atom. The van der Waals surface area contributed by atoms with E-state index in [1.807, 2.05) is 18.7 Å². The van der Waals surface area contributed by atoms with Crippen LogP contribution in [0.3, 0.4) is 0 Å². The van der Waals surface area contributed by atoms with E-state index in [2.05, 4.69) is 48.6 Å². The van der Waals surface area contributed by atoms with Crippen LogP contribution >= 0.6 is 0 Å². The Bertz CT molecular complexity index is 572. The third kappa shape index (κ3) is 2.55. The van der Waals surface area contributed by atoms with Gasteiger partial charge in [-0.3, -0.25) is 10.5 Å². The minimum absolute atomic E-state index is 0.0137. The fraction of sp³-hybridized carbons (Fsp3) is 0.400. The Labute approximate surface area is 114 Å². The summed E-state index contributed by atoms with van der Waals surface area (Å²) in [7, 11) is 1.96. The van der Waals surface area contributed by atoms with Crippen LogP contribution in [0.5, 0.6) is 0 Å². The van der Waals surface area contributed by atoms with Gasteiger partial charge in [0.1, 0.15) is 0 Å². The summed E-state index contributed by atoms with van der Waals surface area (Å²) in [4.78, 5) is 0. The number of nitrogens with one attached hydrogen (secondary N) is 1.